The van der Waals surface area contributed by atoms with E-state index in [2.05, 4.69) is 67.8 Å². The van der Waals surface area contributed by atoms with E-state index in [1.165, 1.54) is 109 Å². The molecule has 0 aliphatic carbocycles. The zero-order valence-electron chi connectivity index (χ0n) is 28.9. The van der Waals surface area contributed by atoms with E-state index in [-0.39, 0.29) is 12.5 Å². The van der Waals surface area contributed by atoms with Crippen LogP contribution in [-0.4, -0.2) is 34.9 Å². The quantitative estimate of drug-likeness (QED) is 0.0401. The lowest BCUT2D eigenvalue weighted by molar-refractivity contribution is -0.123. The van der Waals surface area contributed by atoms with Crippen LogP contribution in [0.5, 0.6) is 0 Å². The number of unbranched alkanes of at least 4 members (excludes halogenated alkanes) is 18. The number of aliphatic hydroxyl groups is 2. The van der Waals surface area contributed by atoms with Gasteiger partial charge < -0.3 is 15.5 Å². The zero-order valence-corrected chi connectivity index (χ0v) is 28.9. The highest BCUT2D eigenvalue weighted by atomic mass is 16.3. The van der Waals surface area contributed by atoms with Crippen molar-refractivity contribution in [2.45, 2.75) is 180 Å². The molecule has 0 aliphatic rings. The van der Waals surface area contributed by atoms with Crippen LogP contribution in [-0.2, 0) is 4.79 Å². The largest absolute Gasteiger partial charge is 0.394 e. The van der Waals surface area contributed by atoms with Crippen LogP contribution in [0, 0.1) is 0 Å². The summed E-state index contributed by atoms with van der Waals surface area (Å²) in [5, 5.41) is 22.8. The third-order valence-corrected chi connectivity index (χ3v) is 7.98. The first kappa shape index (κ1) is 42.1. The van der Waals surface area contributed by atoms with Crippen molar-refractivity contribution >= 4 is 5.91 Å². The molecule has 0 heterocycles. The van der Waals surface area contributed by atoms with Crippen LogP contribution < -0.4 is 5.32 Å². The van der Waals surface area contributed by atoms with Crippen LogP contribution in [0.25, 0.3) is 0 Å². The van der Waals surface area contributed by atoms with Crippen molar-refractivity contribution in [2.75, 3.05) is 6.61 Å². The summed E-state index contributed by atoms with van der Waals surface area (Å²) in [7, 11) is 0. The van der Waals surface area contributed by atoms with Gasteiger partial charge in [0.25, 0.3) is 0 Å². The molecule has 1 amide bonds. The molecule has 44 heavy (non-hydrogen) atoms. The van der Waals surface area contributed by atoms with E-state index in [1.807, 2.05) is 6.08 Å². The fourth-order valence-corrected chi connectivity index (χ4v) is 5.08. The van der Waals surface area contributed by atoms with Crippen molar-refractivity contribution in [3.05, 3.63) is 60.8 Å². The number of carbonyl (C=O) groups is 1. The van der Waals surface area contributed by atoms with Gasteiger partial charge in [0.1, 0.15) is 0 Å². The summed E-state index contributed by atoms with van der Waals surface area (Å²) in [5.74, 6) is -0.0864. The van der Waals surface area contributed by atoms with Gasteiger partial charge in [0.05, 0.1) is 18.8 Å². The van der Waals surface area contributed by atoms with Gasteiger partial charge in [0.15, 0.2) is 0 Å². The average molecular weight is 614 g/mol. The summed E-state index contributed by atoms with van der Waals surface area (Å²) >= 11 is 0. The highest BCUT2D eigenvalue weighted by Crippen LogP contribution is 2.12. The third-order valence-electron chi connectivity index (χ3n) is 7.98. The highest BCUT2D eigenvalue weighted by molar-refractivity contribution is 5.76. The zero-order chi connectivity index (χ0) is 32.2. The topological polar surface area (TPSA) is 69.6 Å². The molecule has 0 bridgehead atoms. The molecule has 0 saturated carbocycles. The molecule has 0 fully saturated rings. The number of nitrogens with one attached hydrogen (secondary N) is 1. The molecule has 4 nitrogen and oxygen atoms in total. The molecule has 254 valence electrons. The van der Waals surface area contributed by atoms with E-state index in [9.17, 15) is 15.0 Å². The second-order valence-electron chi connectivity index (χ2n) is 12.3. The Hall–Kier alpha value is -1.91. The predicted molar refractivity (Wildman–Crippen MR) is 193 cm³/mol. The van der Waals surface area contributed by atoms with Crippen molar-refractivity contribution in [3.8, 4) is 0 Å². The number of amides is 1. The molecule has 0 aromatic carbocycles. The normalized spacial score (nSPS) is 13.8. The molecular weight excluding hydrogens is 542 g/mol. The molecule has 0 aromatic rings. The van der Waals surface area contributed by atoms with Crippen LogP contribution >= 0.6 is 0 Å². The fourth-order valence-electron chi connectivity index (χ4n) is 5.08. The first-order valence-electron chi connectivity index (χ1n) is 18.5. The minimum Gasteiger partial charge on any atom is -0.394 e. The molecule has 0 radical (unpaired) electrons. The summed E-state index contributed by atoms with van der Waals surface area (Å²) in [5.41, 5.74) is 0. The average Bonchev–Trinajstić information content (AvgIpc) is 3.03. The van der Waals surface area contributed by atoms with Crippen LogP contribution in [0.4, 0.5) is 0 Å². The Morgan fingerprint density at radius 3 is 1.45 bits per heavy atom. The minimum atomic E-state index is -0.871. The predicted octanol–water partition coefficient (Wildman–Crippen LogP) is 11.0. The Balaban J connectivity index is 3.69. The van der Waals surface area contributed by atoms with Crippen molar-refractivity contribution in [2.24, 2.45) is 0 Å². The third kappa shape index (κ3) is 31.5. The van der Waals surface area contributed by atoms with Gasteiger partial charge in [0.2, 0.25) is 5.91 Å². The van der Waals surface area contributed by atoms with E-state index in [1.54, 1.807) is 6.08 Å². The summed E-state index contributed by atoms with van der Waals surface area (Å²) in [6.07, 6.45) is 48.7. The fraction of sp³-hybridized carbons (Fsp3) is 0.725. The summed E-state index contributed by atoms with van der Waals surface area (Å²) in [6.45, 7) is 4.21. The highest BCUT2D eigenvalue weighted by Gasteiger charge is 2.17. The number of allylic oxidation sites excluding steroid dienone is 9. The van der Waals surface area contributed by atoms with Gasteiger partial charge in [0, 0.05) is 6.42 Å². The molecule has 3 N–H and O–H groups in total. The minimum absolute atomic E-state index is 0.0864. The van der Waals surface area contributed by atoms with Gasteiger partial charge >= 0.3 is 0 Å². The van der Waals surface area contributed by atoms with Gasteiger partial charge in [-0.2, -0.15) is 0 Å². The molecule has 0 saturated heterocycles. The number of carbonyl (C=O) groups excluding carboxylic acids is 1. The van der Waals surface area contributed by atoms with Crippen LogP contribution in [0.1, 0.15) is 168 Å². The molecular formula is C40H71NO3. The Morgan fingerprint density at radius 1 is 0.545 bits per heavy atom. The Bertz CT molecular complexity index is 752. The van der Waals surface area contributed by atoms with E-state index in [4.69, 9.17) is 0 Å². The van der Waals surface area contributed by atoms with E-state index >= 15 is 0 Å². The second kappa shape index (κ2) is 35.6. The first-order chi connectivity index (χ1) is 21.7. The molecule has 0 spiro atoms. The number of aliphatic hydroxyl groups excluding tert-OH is 2. The molecule has 2 unspecified atom stereocenters. The summed E-state index contributed by atoms with van der Waals surface area (Å²) in [4.78, 5) is 12.3. The lowest BCUT2D eigenvalue weighted by Crippen LogP contribution is -2.45. The smallest absolute Gasteiger partial charge is 0.220 e. The van der Waals surface area contributed by atoms with Crippen LogP contribution in [0.2, 0.25) is 0 Å². The van der Waals surface area contributed by atoms with E-state index in [0.717, 1.165) is 38.5 Å². The number of rotatable bonds is 32. The Labute approximate surface area is 273 Å². The molecule has 2 atom stereocenters. The van der Waals surface area contributed by atoms with Crippen molar-refractivity contribution in [3.63, 3.8) is 0 Å². The Morgan fingerprint density at radius 2 is 0.955 bits per heavy atom. The maximum atomic E-state index is 12.3. The number of hydrogen-bond acceptors (Lipinski definition) is 3. The summed E-state index contributed by atoms with van der Waals surface area (Å²) < 4.78 is 0. The van der Waals surface area contributed by atoms with Crippen molar-refractivity contribution < 1.29 is 15.0 Å². The maximum absolute atomic E-state index is 12.3. The maximum Gasteiger partial charge on any atom is 0.220 e. The Kier molecular flexibility index (Phi) is 34.0. The van der Waals surface area contributed by atoms with Gasteiger partial charge in [-0.3, -0.25) is 4.79 Å². The van der Waals surface area contributed by atoms with Crippen LogP contribution in [0.3, 0.4) is 0 Å². The summed E-state index contributed by atoms with van der Waals surface area (Å²) in [6, 6.07) is -0.647. The lowest BCUT2D eigenvalue weighted by atomic mass is 10.0. The SMILES string of the molecule is CCCCC/C=C\C=C/CCCCCCCCCCCCC(=O)NC(CO)C(O)/C=C/CC/C=C/CC/C=C/CCCCC. The molecule has 4 heteroatoms. The van der Waals surface area contributed by atoms with Gasteiger partial charge in [-0.05, 0) is 70.6 Å². The molecule has 0 aliphatic heterocycles. The van der Waals surface area contributed by atoms with Gasteiger partial charge in [-0.25, -0.2) is 0 Å². The standard InChI is InChI=1S/C40H71NO3/c1-3-5-7-9-11-13-15-17-18-19-20-21-22-24-26-28-30-32-34-36-40(44)41-38(37-42)39(43)35-33-31-29-27-25-23-16-14-12-10-8-6-4-2/h11-15,17,25,27,33,35,38-39,42-43H,3-10,16,18-24,26,28-32,34,36-37H2,1-2H3,(H,41,44)/b13-11-,14-12+,17-15-,27-25+,35-33+. The second-order valence-corrected chi connectivity index (χ2v) is 12.3. The van der Waals surface area contributed by atoms with E-state index in [0.29, 0.717) is 6.42 Å². The van der Waals surface area contributed by atoms with Gasteiger partial charge in [-0.1, -0.05) is 152 Å². The monoisotopic (exact) mass is 614 g/mol. The first-order valence-corrected chi connectivity index (χ1v) is 18.5. The number of hydrogen-bond donors (Lipinski definition) is 3. The van der Waals surface area contributed by atoms with Crippen molar-refractivity contribution in [1.29, 1.82) is 0 Å². The van der Waals surface area contributed by atoms with E-state index < -0.39 is 12.1 Å². The van der Waals surface area contributed by atoms with Crippen LogP contribution in [0.15, 0.2) is 60.8 Å². The lowest BCUT2D eigenvalue weighted by Gasteiger charge is -2.19. The molecule has 0 aromatic heterocycles. The van der Waals surface area contributed by atoms with Crippen molar-refractivity contribution in [1.82, 2.24) is 5.32 Å². The molecule has 0 rings (SSSR count). The van der Waals surface area contributed by atoms with Gasteiger partial charge in [-0.15, -0.1) is 0 Å².